The number of benzene rings is 1. The molecule has 1 atom stereocenters. The molecule has 0 spiro atoms. The van der Waals surface area contributed by atoms with Gasteiger partial charge in [-0.2, -0.15) is 0 Å². The summed E-state index contributed by atoms with van der Waals surface area (Å²) in [6.07, 6.45) is 0.868. The van der Waals surface area contributed by atoms with E-state index in [1.165, 1.54) is 0 Å². The van der Waals surface area contributed by atoms with E-state index >= 15 is 0 Å². The third-order valence-corrected chi connectivity index (χ3v) is 2.74. The van der Waals surface area contributed by atoms with Gasteiger partial charge in [0.05, 0.1) is 0 Å². The van der Waals surface area contributed by atoms with E-state index in [4.69, 9.17) is 5.73 Å². The van der Waals surface area contributed by atoms with Gasteiger partial charge in [-0.25, -0.2) is 0 Å². The van der Waals surface area contributed by atoms with Crippen LogP contribution in [0.15, 0.2) is 24.3 Å². The lowest BCUT2D eigenvalue weighted by molar-refractivity contribution is -0.122. The molecular formula is C14H21N3O2. The van der Waals surface area contributed by atoms with E-state index < -0.39 is 6.04 Å². The molecule has 1 aromatic rings. The Balaban J connectivity index is 2.55. The fraction of sp³-hybridized carbons (Fsp3) is 0.429. The summed E-state index contributed by atoms with van der Waals surface area (Å²) in [5, 5.41) is 5.40. The summed E-state index contributed by atoms with van der Waals surface area (Å²) in [5.41, 5.74) is 6.97. The SMILES string of the molecule is CCCNC(=O)C(C)NC(=O)c1ccc(CN)cc1. The smallest absolute Gasteiger partial charge is 0.251 e. The molecule has 2 amide bonds. The van der Waals surface area contributed by atoms with Gasteiger partial charge in [0.2, 0.25) is 5.91 Å². The van der Waals surface area contributed by atoms with E-state index in [0.29, 0.717) is 18.7 Å². The molecule has 0 fully saturated rings. The van der Waals surface area contributed by atoms with Crippen LogP contribution in [0, 0.1) is 0 Å². The van der Waals surface area contributed by atoms with Crippen molar-refractivity contribution in [3.8, 4) is 0 Å². The number of nitrogens with one attached hydrogen (secondary N) is 2. The standard InChI is InChI=1S/C14H21N3O2/c1-3-8-16-13(18)10(2)17-14(19)12-6-4-11(9-15)5-7-12/h4-7,10H,3,8-9,15H2,1-2H3,(H,16,18)(H,17,19). The lowest BCUT2D eigenvalue weighted by Crippen LogP contribution is -2.45. The number of carbonyl (C=O) groups excluding carboxylic acids is 2. The van der Waals surface area contributed by atoms with Crippen LogP contribution < -0.4 is 16.4 Å². The Morgan fingerprint density at radius 3 is 2.42 bits per heavy atom. The molecule has 1 rings (SSSR count). The molecule has 0 radical (unpaired) electrons. The van der Waals surface area contributed by atoms with E-state index in [2.05, 4.69) is 10.6 Å². The zero-order valence-electron chi connectivity index (χ0n) is 11.4. The molecule has 19 heavy (non-hydrogen) atoms. The zero-order chi connectivity index (χ0) is 14.3. The van der Waals surface area contributed by atoms with Crippen molar-refractivity contribution in [2.24, 2.45) is 5.73 Å². The molecule has 0 aliphatic heterocycles. The highest BCUT2D eigenvalue weighted by atomic mass is 16.2. The number of hydrogen-bond donors (Lipinski definition) is 3. The van der Waals surface area contributed by atoms with E-state index in [1.807, 2.05) is 6.92 Å². The van der Waals surface area contributed by atoms with Crippen LogP contribution in [-0.4, -0.2) is 24.4 Å². The van der Waals surface area contributed by atoms with Gasteiger partial charge in [0, 0.05) is 18.7 Å². The maximum atomic E-state index is 11.9. The van der Waals surface area contributed by atoms with E-state index in [-0.39, 0.29) is 11.8 Å². The minimum absolute atomic E-state index is 0.172. The predicted octanol–water partition coefficient (Wildman–Crippen LogP) is 0.790. The van der Waals surface area contributed by atoms with E-state index in [0.717, 1.165) is 12.0 Å². The van der Waals surface area contributed by atoms with Gasteiger partial charge in [0.15, 0.2) is 0 Å². The molecule has 0 aliphatic carbocycles. The fourth-order valence-electron chi connectivity index (χ4n) is 1.54. The highest BCUT2D eigenvalue weighted by molar-refractivity contribution is 5.97. The maximum absolute atomic E-state index is 11.9. The molecular weight excluding hydrogens is 242 g/mol. The summed E-state index contributed by atoms with van der Waals surface area (Å²) in [4.78, 5) is 23.5. The Labute approximate surface area is 113 Å². The highest BCUT2D eigenvalue weighted by Gasteiger charge is 2.15. The third kappa shape index (κ3) is 4.71. The molecule has 1 unspecified atom stereocenters. The highest BCUT2D eigenvalue weighted by Crippen LogP contribution is 2.04. The monoisotopic (exact) mass is 263 g/mol. The van der Waals surface area contributed by atoms with Gasteiger partial charge in [-0.3, -0.25) is 9.59 Å². The molecule has 104 valence electrons. The van der Waals surface area contributed by atoms with Crippen LogP contribution in [0.1, 0.15) is 36.2 Å². The van der Waals surface area contributed by atoms with Crippen molar-refractivity contribution in [3.05, 3.63) is 35.4 Å². The Morgan fingerprint density at radius 1 is 1.26 bits per heavy atom. The first kappa shape index (κ1) is 15.2. The molecule has 0 heterocycles. The van der Waals surface area contributed by atoms with Crippen molar-refractivity contribution in [1.29, 1.82) is 0 Å². The summed E-state index contributed by atoms with van der Waals surface area (Å²) >= 11 is 0. The average Bonchev–Trinajstić information content (AvgIpc) is 2.44. The number of amides is 2. The van der Waals surface area contributed by atoms with Crippen LogP contribution in [0.5, 0.6) is 0 Å². The van der Waals surface area contributed by atoms with E-state index in [9.17, 15) is 9.59 Å². The maximum Gasteiger partial charge on any atom is 0.251 e. The lowest BCUT2D eigenvalue weighted by atomic mass is 10.1. The van der Waals surface area contributed by atoms with Crippen molar-refractivity contribution < 1.29 is 9.59 Å². The second kappa shape index (κ2) is 7.53. The average molecular weight is 263 g/mol. The molecule has 0 aliphatic rings. The van der Waals surface area contributed by atoms with Crippen LogP contribution in [0.25, 0.3) is 0 Å². The second-order valence-electron chi connectivity index (χ2n) is 4.39. The number of carbonyl (C=O) groups is 2. The van der Waals surface area contributed by atoms with Gasteiger partial charge in [-0.1, -0.05) is 19.1 Å². The van der Waals surface area contributed by atoms with Crippen LogP contribution in [-0.2, 0) is 11.3 Å². The first-order valence-corrected chi connectivity index (χ1v) is 6.46. The molecule has 5 nitrogen and oxygen atoms in total. The van der Waals surface area contributed by atoms with Gasteiger partial charge < -0.3 is 16.4 Å². The molecule has 0 saturated carbocycles. The van der Waals surface area contributed by atoms with Gasteiger partial charge in [0.25, 0.3) is 5.91 Å². The first-order valence-electron chi connectivity index (χ1n) is 6.46. The van der Waals surface area contributed by atoms with Crippen molar-refractivity contribution in [2.45, 2.75) is 32.9 Å². The first-order chi connectivity index (χ1) is 9.08. The minimum Gasteiger partial charge on any atom is -0.354 e. The Hall–Kier alpha value is -1.88. The second-order valence-corrected chi connectivity index (χ2v) is 4.39. The normalized spacial score (nSPS) is 11.7. The Bertz CT molecular complexity index is 429. The number of nitrogens with two attached hydrogens (primary N) is 1. The molecule has 1 aromatic carbocycles. The lowest BCUT2D eigenvalue weighted by Gasteiger charge is -2.13. The largest absolute Gasteiger partial charge is 0.354 e. The van der Waals surface area contributed by atoms with E-state index in [1.54, 1.807) is 31.2 Å². The summed E-state index contributed by atoms with van der Waals surface area (Å²) < 4.78 is 0. The fourth-order valence-corrected chi connectivity index (χ4v) is 1.54. The van der Waals surface area contributed by atoms with Crippen molar-refractivity contribution in [2.75, 3.05) is 6.54 Å². The van der Waals surface area contributed by atoms with Crippen LogP contribution in [0.2, 0.25) is 0 Å². The Kier molecular flexibility index (Phi) is 6.02. The third-order valence-electron chi connectivity index (χ3n) is 2.74. The zero-order valence-corrected chi connectivity index (χ0v) is 11.4. The molecule has 0 bridgehead atoms. The van der Waals surface area contributed by atoms with Crippen molar-refractivity contribution in [3.63, 3.8) is 0 Å². The molecule has 4 N–H and O–H groups in total. The van der Waals surface area contributed by atoms with Gasteiger partial charge in [-0.05, 0) is 31.0 Å². The topological polar surface area (TPSA) is 84.2 Å². The number of rotatable bonds is 6. The molecule has 0 aromatic heterocycles. The predicted molar refractivity (Wildman–Crippen MR) is 74.6 cm³/mol. The van der Waals surface area contributed by atoms with Crippen LogP contribution in [0.3, 0.4) is 0 Å². The van der Waals surface area contributed by atoms with Gasteiger partial charge in [-0.15, -0.1) is 0 Å². The van der Waals surface area contributed by atoms with Crippen molar-refractivity contribution >= 4 is 11.8 Å². The number of hydrogen-bond acceptors (Lipinski definition) is 3. The summed E-state index contributed by atoms with van der Waals surface area (Å²) in [6, 6.07) is 6.46. The minimum atomic E-state index is -0.548. The Morgan fingerprint density at radius 2 is 1.89 bits per heavy atom. The quantitative estimate of drug-likeness (QED) is 0.709. The summed E-state index contributed by atoms with van der Waals surface area (Å²) in [7, 11) is 0. The van der Waals surface area contributed by atoms with Crippen molar-refractivity contribution in [1.82, 2.24) is 10.6 Å². The molecule has 5 heteroatoms. The van der Waals surface area contributed by atoms with Gasteiger partial charge in [0.1, 0.15) is 6.04 Å². The van der Waals surface area contributed by atoms with Crippen LogP contribution >= 0.6 is 0 Å². The van der Waals surface area contributed by atoms with Gasteiger partial charge >= 0.3 is 0 Å². The summed E-state index contributed by atoms with van der Waals surface area (Å²) in [5.74, 6) is -0.434. The molecule has 0 saturated heterocycles. The summed E-state index contributed by atoms with van der Waals surface area (Å²) in [6.45, 7) is 4.70. The van der Waals surface area contributed by atoms with Crippen LogP contribution in [0.4, 0.5) is 0 Å².